The first-order chi connectivity index (χ1) is 18.7. The molecule has 2 aromatic carbocycles. The molecule has 15 heteroatoms. The average molecular weight is 590 g/mol. The normalized spacial score (nSPS) is 16.6. The van der Waals surface area contributed by atoms with Gasteiger partial charge in [-0.15, -0.1) is 0 Å². The molecule has 0 saturated carbocycles. The van der Waals surface area contributed by atoms with Crippen LogP contribution in [0, 0.1) is 5.82 Å². The topological polar surface area (TPSA) is 122 Å². The Morgan fingerprint density at radius 3 is 2.15 bits per heavy atom. The van der Waals surface area contributed by atoms with E-state index in [-0.39, 0.29) is 11.7 Å². The minimum absolute atomic E-state index is 0.135. The lowest BCUT2D eigenvalue weighted by Crippen LogP contribution is -2.48. The zero-order valence-corrected chi connectivity index (χ0v) is 22.6. The molecule has 2 aliphatic rings. The number of alkyl halides is 3. The van der Waals surface area contributed by atoms with Gasteiger partial charge in [-0.2, -0.15) is 13.2 Å². The van der Waals surface area contributed by atoms with Crippen LogP contribution in [0.4, 0.5) is 28.9 Å². The summed E-state index contributed by atoms with van der Waals surface area (Å²) in [6.45, 7) is 6.01. The molecule has 10 nitrogen and oxygen atoms in total. The fraction of sp³-hybridized carbons (Fsp3) is 0.440. The van der Waals surface area contributed by atoms with E-state index >= 15 is 0 Å². The molecule has 1 amide bonds. The number of carboxylic acid groups (broad SMARTS) is 1. The van der Waals surface area contributed by atoms with E-state index in [0.717, 1.165) is 38.1 Å². The highest BCUT2D eigenvalue weighted by atomic mass is 32.2. The summed E-state index contributed by atoms with van der Waals surface area (Å²) in [5.74, 6) is -3.11. The molecule has 0 spiro atoms. The number of carbonyl (C=O) groups is 2. The number of rotatable bonds is 6. The molecule has 4 rings (SSSR count). The Labute approximate surface area is 229 Å². The molecule has 0 bridgehead atoms. The van der Waals surface area contributed by atoms with Gasteiger partial charge in [-0.05, 0) is 24.3 Å². The van der Waals surface area contributed by atoms with Crippen molar-refractivity contribution in [3.05, 3.63) is 59.4 Å². The highest BCUT2D eigenvalue weighted by Crippen LogP contribution is 2.29. The van der Waals surface area contributed by atoms with Crippen LogP contribution in [0.1, 0.15) is 15.9 Å². The van der Waals surface area contributed by atoms with E-state index in [0.29, 0.717) is 49.5 Å². The summed E-state index contributed by atoms with van der Waals surface area (Å²) in [6.07, 6.45) is -3.97. The van der Waals surface area contributed by atoms with E-state index in [2.05, 4.69) is 19.8 Å². The lowest BCUT2D eigenvalue weighted by atomic mass is 10.1. The quantitative estimate of drug-likeness (QED) is 0.439. The smallest absolute Gasteiger partial charge is 0.475 e. The molecular formula is C25H31F4N5O5S. The lowest BCUT2D eigenvalue weighted by Gasteiger charge is -2.35. The van der Waals surface area contributed by atoms with Gasteiger partial charge >= 0.3 is 12.1 Å². The van der Waals surface area contributed by atoms with Gasteiger partial charge in [0.15, 0.2) is 0 Å². The number of carboxylic acids is 1. The second-order valence-electron chi connectivity index (χ2n) is 9.31. The molecule has 0 radical (unpaired) electrons. The van der Waals surface area contributed by atoms with Crippen molar-refractivity contribution in [2.24, 2.45) is 0 Å². The number of aliphatic carboxylic acids is 1. The summed E-state index contributed by atoms with van der Waals surface area (Å²) in [5.41, 5.74) is 2.29. The number of benzene rings is 2. The van der Waals surface area contributed by atoms with Crippen LogP contribution in [0.5, 0.6) is 0 Å². The summed E-state index contributed by atoms with van der Waals surface area (Å²) in [4.78, 5) is 28.1. The number of amides is 1. The van der Waals surface area contributed by atoms with Gasteiger partial charge in [-0.1, -0.05) is 18.2 Å². The van der Waals surface area contributed by atoms with E-state index < -0.39 is 22.2 Å². The molecule has 2 heterocycles. The average Bonchev–Trinajstić information content (AvgIpc) is 2.89. The van der Waals surface area contributed by atoms with E-state index in [1.807, 2.05) is 12.1 Å². The second-order valence-corrected chi connectivity index (χ2v) is 11.1. The third-order valence-electron chi connectivity index (χ3n) is 6.25. The van der Waals surface area contributed by atoms with Crippen LogP contribution in [-0.2, 0) is 21.4 Å². The number of hydrogen-bond donors (Lipinski definition) is 3. The SMILES string of the molecule is CS(=O)(=O)Nc1cc(C(=O)N2CCN(Cc3ccccc3F)CC2)ccc1N1CCNCC1.O=C(O)C(F)(F)F. The number of hydrogen-bond acceptors (Lipinski definition) is 7. The summed E-state index contributed by atoms with van der Waals surface area (Å²) in [7, 11) is -3.50. The third kappa shape index (κ3) is 9.06. The molecule has 2 aliphatic heterocycles. The van der Waals surface area contributed by atoms with Crippen molar-refractivity contribution in [1.29, 1.82) is 0 Å². The number of piperazine rings is 2. The van der Waals surface area contributed by atoms with Crippen LogP contribution < -0.4 is 14.9 Å². The number of anilines is 2. The standard InChI is InChI=1S/C23H30FN5O3S.C2HF3O2/c1-33(31,32)26-21-16-18(6-7-22(21)28-10-8-25-9-11-28)23(30)29-14-12-27(13-15-29)17-19-4-2-3-5-20(19)24;3-2(4,5)1(6)7/h2-7,16,25-26H,8-15,17H2,1H3;(H,6,7). The van der Waals surface area contributed by atoms with Crippen LogP contribution in [0.3, 0.4) is 0 Å². The van der Waals surface area contributed by atoms with Gasteiger partial charge in [0, 0.05) is 70.0 Å². The van der Waals surface area contributed by atoms with Crippen molar-refractivity contribution in [2.45, 2.75) is 12.7 Å². The highest BCUT2D eigenvalue weighted by molar-refractivity contribution is 7.92. The van der Waals surface area contributed by atoms with Gasteiger partial charge < -0.3 is 20.2 Å². The molecule has 220 valence electrons. The summed E-state index contributed by atoms with van der Waals surface area (Å²) in [5, 5.41) is 10.4. The van der Waals surface area contributed by atoms with E-state index in [1.165, 1.54) is 6.07 Å². The number of halogens is 4. The minimum Gasteiger partial charge on any atom is -0.475 e. The maximum atomic E-state index is 13.9. The number of carbonyl (C=O) groups excluding carboxylic acids is 1. The number of sulfonamides is 1. The molecule has 2 fully saturated rings. The van der Waals surface area contributed by atoms with Gasteiger partial charge in [0.1, 0.15) is 5.82 Å². The van der Waals surface area contributed by atoms with Gasteiger partial charge in [0.2, 0.25) is 10.0 Å². The minimum atomic E-state index is -5.08. The van der Waals surface area contributed by atoms with Gasteiger partial charge in [0.05, 0.1) is 17.6 Å². The maximum absolute atomic E-state index is 13.9. The van der Waals surface area contributed by atoms with Gasteiger partial charge in [-0.3, -0.25) is 14.4 Å². The van der Waals surface area contributed by atoms with Crippen LogP contribution in [0.25, 0.3) is 0 Å². The Kier molecular flexibility index (Phi) is 10.3. The van der Waals surface area contributed by atoms with Crippen LogP contribution in [0.2, 0.25) is 0 Å². The van der Waals surface area contributed by atoms with Gasteiger partial charge in [-0.25, -0.2) is 17.6 Å². The fourth-order valence-electron chi connectivity index (χ4n) is 4.29. The van der Waals surface area contributed by atoms with Crippen molar-refractivity contribution >= 4 is 33.3 Å². The largest absolute Gasteiger partial charge is 0.490 e. The van der Waals surface area contributed by atoms with Gasteiger partial charge in [0.25, 0.3) is 5.91 Å². The molecule has 0 unspecified atom stereocenters. The van der Waals surface area contributed by atoms with Crippen molar-refractivity contribution in [3.63, 3.8) is 0 Å². The predicted molar refractivity (Wildman–Crippen MR) is 141 cm³/mol. The van der Waals surface area contributed by atoms with Crippen molar-refractivity contribution in [2.75, 3.05) is 68.2 Å². The zero-order valence-electron chi connectivity index (χ0n) is 21.7. The van der Waals surface area contributed by atoms with Crippen LogP contribution >= 0.6 is 0 Å². The van der Waals surface area contributed by atoms with E-state index in [4.69, 9.17) is 9.90 Å². The Balaban J connectivity index is 0.000000559. The molecule has 0 aliphatic carbocycles. The first-order valence-corrected chi connectivity index (χ1v) is 14.3. The molecule has 0 atom stereocenters. The lowest BCUT2D eigenvalue weighted by molar-refractivity contribution is -0.192. The predicted octanol–water partition coefficient (Wildman–Crippen LogP) is 2.20. The summed E-state index contributed by atoms with van der Waals surface area (Å²) in [6, 6.07) is 12.0. The molecule has 2 aromatic rings. The molecule has 3 N–H and O–H groups in total. The highest BCUT2D eigenvalue weighted by Gasteiger charge is 2.38. The molecule has 0 aromatic heterocycles. The second kappa shape index (κ2) is 13.3. The Morgan fingerprint density at radius 1 is 1.00 bits per heavy atom. The van der Waals surface area contributed by atoms with Crippen molar-refractivity contribution in [3.8, 4) is 0 Å². The molecular weight excluding hydrogens is 558 g/mol. The Bertz CT molecular complexity index is 1290. The van der Waals surface area contributed by atoms with Crippen molar-refractivity contribution < 1.29 is 40.7 Å². The first kappa shape index (κ1) is 31.1. The van der Waals surface area contributed by atoms with Crippen LogP contribution in [0.15, 0.2) is 42.5 Å². The van der Waals surface area contributed by atoms with Crippen molar-refractivity contribution in [1.82, 2.24) is 15.1 Å². The summed E-state index contributed by atoms with van der Waals surface area (Å²) < 4.78 is 72.2. The first-order valence-electron chi connectivity index (χ1n) is 12.4. The zero-order chi connectivity index (χ0) is 29.5. The monoisotopic (exact) mass is 589 g/mol. The van der Waals surface area contributed by atoms with Crippen LogP contribution in [-0.4, -0.2) is 100.0 Å². The molecule has 40 heavy (non-hydrogen) atoms. The number of nitrogens with zero attached hydrogens (tertiary/aromatic N) is 3. The molecule has 2 saturated heterocycles. The maximum Gasteiger partial charge on any atom is 0.490 e. The summed E-state index contributed by atoms with van der Waals surface area (Å²) >= 11 is 0. The third-order valence-corrected chi connectivity index (χ3v) is 6.84. The number of nitrogens with one attached hydrogen (secondary N) is 2. The van der Waals surface area contributed by atoms with E-state index in [9.17, 15) is 30.8 Å². The fourth-order valence-corrected chi connectivity index (χ4v) is 4.85. The Hall–Kier alpha value is -3.43. The van der Waals surface area contributed by atoms with E-state index in [1.54, 1.807) is 29.2 Å². The Morgan fingerprint density at radius 2 is 1.60 bits per heavy atom.